The van der Waals surface area contributed by atoms with Crippen LogP contribution in [-0.2, 0) is 11.3 Å². The summed E-state index contributed by atoms with van der Waals surface area (Å²) in [5, 5.41) is 9.91. The van der Waals surface area contributed by atoms with E-state index in [1.807, 2.05) is 42.1 Å². The number of aliphatic hydroxyl groups is 1. The van der Waals surface area contributed by atoms with Crippen LogP contribution in [0.1, 0.15) is 5.56 Å². The van der Waals surface area contributed by atoms with Crippen molar-refractivity contribution in [3.63, 3.8) is 0 Å². The predicted molar refractivity (Wildman–Crippen MR) is 75.9 cm³/mol. The molecule has 1 fully saturated rings. The van der Waals surface area contributed by atoms with E-state index in [0.717, 1.165) is 25.2 Å². The minimum absolute atomic E-state index is 0.378. The Morgan fingerprint density at radius 1 is 1.22 bits per heavy atom. The van der Waals surface area contributed by atoms with Crippen LogP contribution in [0.5, 0.6) is 0 Å². The molecule has 0 aliphatic carbocycles. The highest BCUT2D eigenvalue weighted by Gasteiger charge is 2.14. The zero-order chi connectivity index (χ0) is 12.6. The number of β-amino-alcohol motifs (C(OH)–C–C–N with tert-alkyl or cyclic N) is 1. The molecule has 2 rings (SSSR count). The number of hydrogen-bond acceptors (Lipinski definition) is 4. The number of hydrogen-bond donors (Lipinski definition) is 1. The Morgan fingerprint density at radius 3 is 2.67 bits per heavy atom. The Bertz CT molecular complexity index is 328. The van der Waals surface area contributed by atoms with Crippen LogP contribution in [0.2, 0.25) is 0 Å². The van der Waals surface area contributed by atoms with E-state index in [0.29, 0.717) is 13.2 Å². The fraction of sp³-hybridized carbons (Fsp3) is 0.571. The molecule has 0 spiro atoms. The van der Waals surface area contributed by atoms with Crippen LogP contribution in [0.3, 0.4) is 0 Å². The first-order chi connectivity index (χ1) is 8.84. The Morgan fingerprint density at radius 2 is 1.94 bits per heavy atom. The second kappa shape index (κ2) is 7.79. The van der Waals surface area contributed by atoms with Crippen molar-refractivity contribution in [3.8, 4) is 0 Å². The summed E-state index contributed by atoms with van der Waals surface area (Å²) in [6.45, 7) is 3.89. The van der Waals surface area contributed by atoms with Gasteiger partial charge in [0.25, 0.3) is 0 Å². The molecule has 1 aliphatic rings. The summed E-state index contributed by atoms with van der Waals surface area (Å²) in [7, 11) is 0. The van der Waals surface area contributed by atoms with Crippen LogP contribution in [0.15, 0.2) is 30.3 Å². The highest BCUT2D eigenvalue weighted by Crippen LogP contribution is 2.09. The lowest BCUT2D eigenvalue weighted by Crippen LogP contribution is -2.39. The fourth-order valence-corrected chi connectivity index (χ4v) is 3.00. The molecule has 0 amide bonds. The molecule has 0 radical (unpaired) electrons. The topological polar surface area (TPSA) is 32.7 Å². The lowest BCUT2D eigenvalue weighted by Gasteiger charge is -2.28. The van der Waals surface area contributed by atoms with Crippen molar-refractivity contribution in [2.75, 3.05) is 37.7 Å². The Labute approximate surface area is 113 Å². The molecule has 4 heteroatoms. The Balaban J connectivity index is 1.61. The zero-order valence-corrected chi connectivity index (χ0v) is 11.4. The zero-order valence-electron chi connectivity index (χ0n) is 10.6. The van der Waals surface area contributed by atoms with E-state index in [4.69, 9.17) is 4.74 Å². The summed E-state index contributed by atoms with van der Waals surface area (Å²) in [4.78, 5) is 2.31. The smallest absolute Gasteiger partial charge is 0.0900 e. The number of ether oxygens (including phenoxy) is 1. The van der Waals surface area contributed by atoms with E-state index >= 15 is 0 Å². The first kappa shape index (κ1) is 13.9. The summed E-state index contributed by atoms with van der Waals surface area (Å²) < 4.78 is 5.54. The van der Waals surface area contributed by atoms with Gasteiger partial charge in [-0.3, -0.25) is 4.90 Å². The van der Waals surface area contributed by atoms with E-state index < -0.39 is 0 Å². The maximum Gasteiger partial charge on any atom is 0.0900 e. The van der Waals surface area contributed by atoms with Gasteiger partial charge in [0.15, 0.2) is 0 Å². The SMILES string of the molecule is O[C@@H](COCc1ccccc1)CN1CCSCC1. The van der Waals surface area contributed by atoms with Gasteiger partial charge in [-0.25, -0.2) is 0 Å². The van der Waals surface area contributed by atoms with Crippen LogP contribution in [-0.4, -0.2) is 53.9 Å². The third-order valence-electron chi connectivity index (χ3n) is 2.99. The summed E-state index contributed by atoms with van der Waals surface area (Å²) in [5.74, 6) is 2.36. The molecule has 1 aromatic rings. The second-order valence-corrected chi connectivity index (χ2v) is 5.79. The molecule has 0 unspecified atom stereocenters. The summed E-state index contributed by atoms with van der Waals surface area (Å²) in [6, 6.07) is 10.1. The second-order valence-electron chi connectivity index (χ2n) is 4.57. The highest BCUT2D eigenvalue weighted by molar-refractivity contribution is 7.99. The van der Waals surface area contributed by atoms with Gasteiger partial charge in [-0.1, -0.05) is 30.3 Å². The molecule has 3 nitrogen and oxygen atoms in total. The third-order valence-corrected chi connectivity index (χ3v) is 3.94. The van der Waals surface area contributed by atoms with Crippen LogP contribution >= 0.6 is 11.8 Å². The lowest BCUT2D eigenvalue weighted by molar-refractivity contribution is 0.0114. The quantitative estimate of drug-likeness (QED) is 0.849. The molecule has 100 valence electrons. The van der Waals surface area contributed by atoms with Gasteiger partial charge in [-0.05, 0) is 5.56 Å². The molecule has 1 atom stereocenters. The first-order valence-electron chi connectivity index (χ1n) is 6.44. The number of benzene rings is 1. The number of nitrogens with zero attached hydrogens (tertiary/aromatic N) is 1. The normalized spacial score (nSPS) is 18.7. The molecule has 1 heterocycles. The van der Waals surface area contributed by atoms with Gasteiger partial charge >= 0.3 is 0 Å². The molecule has 18 heavy (non-hydrogen) atoms. The number of thioether (sulfide) groups is 1. The van der Waals surface area contributed by atoms with Crippen molar-refractivity contribution in [1.29, 1.82) is 0 Å². The van der Waals surface area contributed by atoms with Crippen LogP contribution in [0.4, 0.5) is 0 Å². The standard InChI is InChI=1S/C14H21NO2S/c16-14(10-15-6-8-18-9-7-15)12-17-11-13-4-2-1-3-5-13/h1-5,14,16H,6-12H2/t14-/m1/s1. The van der Waals surface area contributed by atoms with E-state index in [-0.39, 0.29) is 6.10 Å². The van der Waals surface area contributed by atoms with E-state index in [1.54, 1.807) is 0 Å². The monoisotopic (exact) mass is 267 g/mol. The van der Waals surface area contributed by atoms with Crippen molar-refractivity contribution in [1.82, 2.24) is 4.90 Å². The van der Waals surface area contributed by atoms with Gasteiger partial charge in [-0.15, -0.1) is 0 Å². The van der Waals surface area contributed by atoms with Gasteiger partial charge in [0.05, 0.1) is 19.3 Å². The van der Waals surface area contributed by atoms with Crippen LogP contribution < -0.4 is 0 Å². The minimum Gasteiger partial charge on any atom is -0.389 e. The number of rotatable bonds is 6. The Kier molecular flexibility index (Phi) is 6.00. The van der Waals surface area contributed by atoms with Crippen molar-refractivity contribution in [2.45, 2.75) is 12.7 Å². The molecular formula is C14H21NO2S. The summed E-state index contributed by atoms with van der Waals surface area (Å²) in [5.41, 5.74) is 1.15. The molecule has 1 aromatic carbocycles. The highest BCUT2D eigenvalue weighted by atomic mass is 32.2. The van der Waals surface area contributed by atoms with Crippen LogP contribution in [0.25, 0.3) is 0 Å². The molecular weight excluding hydrogens is 246 g/mol. The van der Waals surface area contributed by atoms with Crippen LogP contribution in [0, 0.1) is 0 Å². The lowest BCUT2D eigenvalue weighted by atomic mass is 10.2. The third kappa shape index (κ3) is 4.98. The van der Waals surface area contributed by atoms with Crippen molar-refractivity contribution in [3.05, 3.63) is 35.9 Å². The fourth-order valence-electron chi connectivity index (χ4n) is 2.02. The van der Waals surface area contributed by atoms with Gasteiger partial charge in [0, 0.05) is 31.1 Å². The maximum atomic E-state index is 9.91. The molecule has 1 aliphatic heterocycles. The Hall–Kier alpha value is -0.550. The number of aliphatic hydroxyl groups excluding tert-OH is 1. The largest absolute Gasteiger partial charge is 0.389 e. The molecule has 0 aromatic heterocycles. The van der Waals surface area contributed by atoms with Crippen molar-refractivity contribution < 1.29 is 9.84 Å². The van der Waals surface area contributed by atoms with Gasteiger partial charge in [0.2, 0.25) is 0 Å². The van der Waals surface area contributed by atoms with Crippen molar-refractivity contribution >= 4 is 11.8 Å². The molecule has 0 bridgehead atoms. The first-order valence-corrected chi connectivity index (χ1v) is 7.60. The minimum atomic E-state index is -0.378. The summed E-state index contributed by atoms with van der Waals surface area (Å²) in [6.07, 6.45) is -0.378. The molecule has 0 saturated carbocycles. The van der Waals surface area contributed by atoms with Gasteiger partial charge in [-0.2, -0.15) is 11.8 Å². The van der Waals surface area contributed by atoms with E-state index in [2.05, 4.69) is 4.90 Å². The predicted octanol–water partition coefficient (Wildman–Crippen LogP) is 1.61. The average molecular weight is 267 g/mol. The average Bonchev–Trinajstić information content (AvgIpc) is 2.41. The van der Waals surface area contributed by atoms with Gasteiger partial charge < -0.3 is 9.84 Å². The van der Waals surface area contributed by atoms with E-state index in [1.165, 1.54) is 11.5 Å². The molecule has 1 N–H and O–H groups in total. The van der Waals surface area contributed by atoms with Gasteiger partial charge in [0.1, 0.15) is 0 Å². The van der Waals surface area contributed by atoms with Crippen molar-refractivity contribution in [2.24, 2.45) is 0 Å². The summed E-state index contributed by atoms with van der Waals surface area (Å²) >= 11 is 1.99. The maximum absolute atomic E-state index is 9.91. The van der Waals surface area contributed by atoms with E-state index in [9.17, 15) is 5.11 Å². The molecule has 1 saturated heterocycles.